The highest BCUT2D eigenvalue weighted by atomic mass is 14.9. The van der Waals surface area contributed by atoms with Crippen LogP contribution in [0.25, 0.3) is 0 Å². The molecule has 0 aromatic carbocycles. The number of aliphatic imine (C=N–C) groups is 1. The average Bonchev–Trinajstić information content (AvgIpc) is 2.10. The first kappa shape index (κ1) is 16.5. The Bertz CT molecular complexity index is 102. The summed E-state index contributed by atoms with van der Waals surface area (Å²) >= 11 is 0. The summed E-state index contributed by atoms with van der Waals surface area (Å²) < 4.78 is 0. The molecule has 0 aliphatic rings. The van der Waals surface area contributed by atoms with Crippen LogP contribution in [0.5, 0.6) is 0 Å². The van der Waals surface area contributed by atoms with Gasteiger partial charge in [0.2, 0.25) is 0 Å². The molecule has 0 bridgehead atoms. The summed E-state index contributed by atoms with van der Waals surface area (Å²) in [6, 6.07) is 0. The van der Waals surface area contributed by atoms with E-state index in [-0.39, 0.29) is 0 Å². The molecule has 0 rings (SSSR count). The van der Waals surface area contributed by atoms with Gasteiger partial charge in [0, 0.05) is 5.70 Å². The summed E-state index contributed by atoms with van der Waals surface area (Å²) in [6.45, 7) is 12.8. The van der Waals surface area contributed by atoms with Gasteiger partial charge in [0.05, 0.1) is 0 Å². The van der Waals surface area contributed by atoms with Crippen molar-refractivity contribution < 1.29 is 0 Å². The van der Waals surface area contributed by atoms with E-state index in [9.17, 15) is 0 Å². The predicted octanol–water partition coefficient (Wildman–Crippen LogP) is 1.85. The number of hydrogen-bond donors (Lipinski definition) is 2. The lowest BCUT2D eigenvalue weighted by Gasteiger charge is -1.90. The van der Waals surface area contributed by atoms with Gasteiger partial charge in [0.25, 0.3) is 0 Å². The normalized spacial score (nSPS) is 9.18. The topological polar surface area (TPSA) is 64.4 Å². The molecular weight excluding hydrogens is 138 g/mol. The molecule has 0 unspecified atom stereocenters. The molecule has 0 aliphatic carbocycles. The summed E-state index contributed by atoms with van der Waals surface area (Å²) in [7, 11) is 0. The average molecular weight is 159 g/mol. The van der Waals surface area contributed by atoms with Crippen molar-refractivity contribution in [1.82, 2.24) is 0 Å². The van der Waals surface area contributed by atoms with E-state index >= 15 is 0 Å². The van der Waals surface area contributed by atoms with Gasteiger partial charge in [-0.1, -0.05) is 27.7 Å². The summed E-state index contributed by atoms with van der Waals surface area (Å²) in [5.74, 6) is 0.306. The molecule has 11 heavy (non-hydrogen) atoms. The van der Waals surface area contributed by atoms with Gasteiger partial charge in [-0.25, -0.2) is 4.99 Å². The van der Waals surface area contributed by atoms with Crippen LogP contribution in [-0.2, 0) is 0 Å². The molecule has 0 radical (unpaired) electrons. The van der Waals surface area contributed by atoms with Crippen molar-refractivity contribution in [3.05, 3.63) is 11.5 Å². The molecule has 4 N–H and O–H groups in total. The quantitative estimate of drug-likeness (QED) is 0.573. The Kier molecular flexibility index (Phi) is 24.1. The zero-order chi connectivity index (χ0) is 9.86. The Labute approximate surface area is 70.2 Å². The summed E-state index contributed by atoms with van der Waals surface area (Å²) in [6.07, 6.45) is 0. The van der Waals surface area contributed by atoms with E-state index < -0.39 is 0 Å². The van der Waals surface area contributed by atoms with Crippen LogP contribution in [0, 0.1) is 0 Å². The van der Waals surface area contributed by atoms with Gasteiger partial charge in [-0.05, 0) is 13.6 Å². The fourth-order valence-corrected chi connectivity index (χ4v) is 0.125. The predicted molar refractivity (Wildman–Crippen MR) is 53.3 cm³/mol. The second kappa shape index (κ2) is 16.0. The van der Waals surface area contributed by atoms with Gasteiger partial charge in [0.15, 0.2) is 0 Å². The van der Waals surface area contributed by atoms with Gasteiger partial charge < -0.3 is 11.5 Å². The Balaban J connectivity index is -0.000000138. The van der Waals surface area contributed by atoms with Crippen molar-refractivity contribution in [2.45, 2.75) is 34.6 Å². The number of hydrogen-bond acceptors (Lipinski definition) is 3. The fraction of sp³-hybridized carbons (Fsp3) is 0.625. The van der Waals surface area contributed by atoms with Crippen LogP contribution in [-0.4, -0.2) is 6.72 Å². The molecule has 3 heteroatoms. The Morgan fingerprint density at radius 2 is 1.36 bits per heavy atom. The molecule has 0 aliphatic heterocycles. The lowest BCUT2D eigenvalue weighted by atomic mass is 10.5. The second-order valence-corrected chi connectivity index (χ2v) is 1.23. The van der Waals surface area contributed by atoms with Crippen molar-refractivity contribution >= 4 is 6.72 Å². The first-order chi connectivity index (χ1) is 5.18. The SMILES string of the molecule is C=N/C(N)=C(\C)N.CC.CC. The molecule has 3 nitrogen and oxygen atoms in total. The van der Waals surface area contributed by atoms with Crippen LogP contribution >= 0.6 is 0 Å². The van der Waals surface area contributed by atoms with Crippen molar-refractivity contribution in [2.75, 3.05) is 0 Å². The molecule has 0 atom stereocenters. The van der Waals surface area contributed by atoms with E-state index in [0.717, 1.165) is 0 Å². The molecule has 0 aromatic rings. The zero-order valence-electron chi connectivity index (χ0n) is 8.31. The maximum Gasteiger partial charge on any atom is 0.141 e. The highest BCUT2D eigenvalue weighted by molar-refractivity contribution is 5.28. The van der Waals surface area contributed by atoms with E-state index in [2.05, 4.69) is 11.7 Å². The lowest BCUT2D eigenvalue weighted by Crippen LogP contribution is -2.03. The van der Waals surface area contributed by atoms with Crippen molar-refractivity contribution in [1.29, 1.82) is 0 Å². The Morgan fingerprint density at radius 3 is 1.36 bits per heavy atom. The number of nitrogens with zero attached hydrogens (tertiary/aromatic N) is 1. The van der Waals surface area contributed by atoms with Crippen LogP contribution in [0.15, 0.2) is 16.5 Å². The summed E-state index contributed by atoms with van der Waals surface area (Å²) in [4.78, 5) is 3.37. The van der Waals surface area contributed by atoms with Crippen molar-refractivity contribution in [3.8, 4) is 0 Å². The van der Waals surface area contributed by atoms with Gasteiger partial charge in [-0.2, -0.15) is 0 Å². The first-order valence-electron chi connectivity index (χ1n) is 3.87. The minimum absolute atomic E-state index is 0.306. The number of allylic oxidation sites excluding steroid dienone is 1. The van der Waals surface area contributed by atoms with Crippen LogP contribution in [0.2, 0.25) is 0 Å². The standard InChI is InChI=1S/C4H9N3.2C2H6/c1-3(5)4(6)7-2;2*1-2/h2,5-6H2,1H3;2*1-2H3/b4-3+;;. The Morgan fingerprint density at radius 1 is 1.09 bits per heavy atom. The monoisotopic (exact) mass is 159 g/mol. The van der Waals surface area contributed by atoms with Crippen LogP contribution in [0.3, 0.4) is 0 Å². The second-order valence-electron chi connectivity index (χ2n) is 1.23. The minimum atomic E-state index is 0.306. The third-order valence-corrected chi connectivity index (χ3v) is 0.574. The molecule has 0 heterocycles. The van der Waals surface area contributed by atoms with E-state index in [1.165, 1.54) is 0 Å². The van der Waals surface area contributed by atoms with Gasteiger partial charge >= 0.3 is 0 Å². The number of nitrogens with two attached hydrogens (primary N) is 2. The molecule has 0 saturated heterocycles. The van der Waals surface area contributed by atoms with Gasteiger partial charge in [-0.3, -0.25) is 0 Å². The number of rotatable bonds is 1. The van der Waals surface area contributed by atoms with Crippen molar-refractivity contribution in [3.63, 3.8) is 0 Å². The minimum Gasteiger partial charge on any atom is -0.399 e. The molecule has 68 valence electrons. The van der Waals surface area contributed by atoms with E-state index in [1.807, 2.05) is 27.7 Å². The summed E-state index contributed by atoms with van der Waals surface area (Å²) in [5, 5.41) is 0. The zero-order valence-corrected chi connectivity index (χ0v) is 8.31. The third kappa shape index (κ3) is 17.6. The maximum atomic E-state index is 5.17. The van der Waals surface area contributed by atoms with Gasteiger partial charge in [0.1, 0.15) is 5.82 Å². The van der Waals surface area contributed by atoms with E-state index in [0.29, 0.717) is 11.5 Å². The maximum absolute atomic E-state index is 5.17. The van der Waals surface area contributed by atoms with Crippen LogP contribution < -0.4 is 11.5 Å². The van der Waals surface area contributed by atoms with Crippen molar-refractivity contribution in [2.24, 2.45) is 16.5 Å². The van der Waals surface area contributed by atoms with E-state index in [4.69, 9.17) is 11.5 Å². The first-order valence-corrected chi connectivity index (χ1v) is 3.87. The van der Waals surface area contributed by atoms with E-state index in [1.54, 1.807) is 6.92 Å². The smallest absolute Gasteiger partial charge is 0.141 e. The molecular formula is C8H21N3. The Hall–Kier alpha value is -0.990. The highest BCUT2D eigenvalue weighted by Crippen LogP contribution is 1.86. The third-order valence-electron chi connectivity index (χ3n) is 0.574. The highest BCUT2D eigenvalue weighted by Gasteiger charge is 1.81. The molecule has 0 spiro atoms. The largest absolute Gasteiger partial charge is 0.399 e. The molecule has 0 saturated carbocycles. The lowest BCUT2D eigenvalue weighted by molar-refractivity contribution is 1.13. The van der Waals surface area contributed by atoms with Gasteiger partial charge in [-0.15, -0.1) is 0 Å². The summed E-state index contributed by atoms with van der Waals surface area (Å²) in [5.41, 5.74) is 10.8. The molecule has 0 fully saturated rings. The van der Waals surface area contributed by atoms with Crippen LogP contribution in [0.1, 0.15) is 34.6 Å². The fourth-order valence-electron chi connectivity index (χ4n) is 0.125. The molecule has 0 amide bonds. The molecule has 0 aromatic heterocycles. The van der Waals surface area contributed by atoms with Crippen LogP contribution in [0.4, 0.5) is 0 Å².